The number of carbonyl (C=O) groups is 1. The molecule has 0 aliphatic carbocycles. The molecule has 1 amide bonds. The van der Waals surface area contributed by atoms with Crippen LogP contribution in [0.4, 0.5) is 5.13 Å². The number of amides is 1. The van der Waals surface area contributed by atoms with Crippen molar-refractivity contribution < 1.29 is 4.79 Å². The van der Waals surface area contributed by atoms with Gasteiger partial charge in [0.15, 0.2) is 5.13 Å². The summed E-state index contributed by atoms with van der Waals surface area (Å²) in [4.78, 5) is 36.8. The molecule has 7 nitrogen and oxygen atoms in total. The number of nitrogens with zero attached hydrogens (tertiary/aromatic N) is 3. The van der Waals surface area contributed by atoms with Crippen LogP contribution >= 0.6 is 11.3 Å². The number of anilines is 1. The van der Waals surface area contributed by atoms with Crippen LogP contribution in [0.2, 0.25) is 0 Å². The normalized spacial score (nSPS) is 16.2. The van der Waals surface area contributed by atoms with E-state index in [1.807, 2.05) is 23.6 Å². The molecule has 0 unspecified atom stereocenters. The Morgan fingerprint density at radius 2 is 1.93 bits per heavy atom. The largest absolute Gasteiger partial charge is 0.375 e. The predicted molar refractivity (Wildman–Crippen MR) is 104 cm³/mol. The Hall–Kier alpha value is -3.00. The van der Waals surface area contributed by atoms with Crippen molar-refractivity contribution in [3.05, 3.63) is 75.4 Å². The first-order chi connectivity index (χ1) is 13.1. The molecule has 0 bridgehead atoms. The van der Waals surface area contributed by atoms with Crippen LogP contribution in [-0.4, -0.2) is 38.8 Å². The van der Waals surface area contributed by atoms with Crippen LogP contribution in [0.3, 0.4) is 0 Å². The standard InChI is InChI=1S/C19H19N5O2S/c20-18-23-15(12-27-18)19(13-4-2-1-3-5-13)6-8-24(9-7-19)17(26)14-10-21-11-16(25)22-14/h1-5,10-12H,6-9H2,(H2,20,23)(H,22,25). The number of carbonyl (C=O) groups excluding carboxylic acids is 1. The number of likely N-dealkylation sites (tertiary alicyclic amines) is 1. The topological polar surface area (TPSA) is 105 Å². The summed E-state index contributed by atoms with van der Waals surface area (Å²) < 4.78 is 0. The van der Waals surface area contributed by atoms with Crippen molar-refractivity contribution in [1.29, 1.82) is 0 Å². The highest BCUT2D eigenvalue weighted by Gasteiger charge is 2.41. The first-order valence-corrected chi connectivity index (χ1v) is 9.57. The second kappa shape index (κ2) is 6.96. The van der Waals surface area contributed by atoms with Gasteiger partial charge in [0.1, 0.15) is 5.69 Å². The van der Waals surface area contributed by atoms with Crippen molar-refractivity contribution in [3.8, 4) is 0 Å². The number of nitrogens with two attached hydrogens (primary N) is 1. The van der Waals surface area contributed by atoms with Gasteiger partial charge in [0.25, 0.3) is 11.5 Å². The molecule has 1 aromatic carbocycles. The first kappa shape index (κ1) is 17.4. The fraction of sp³-hybridized carbons (Fsp3) is 0.263. The van der Waals surface area contributed by atoms with E-state index in [0.717, 1.165) is 24.7 Å². The zero-order valence-electron chi connectivity index (χ0n) is 14.6. The lowest BCUT2D eigenvalue weighted by Crippen LogP contribution is -2.46. The second-order valence-corrected chi connectivity index (χ2v) is 7.51. The molecule has 3 N–H and O–H groups in total. The summed E-state index contributed by atoms with van der Waals surface area (Å²) in [7, 11) is 0. The van der Waals surface area contributed by atoms with Crippen molar-refractivity contribution >= 4 is 22.4 Å². The van der Waals surface area contributed by atoms with Gasteiger partial charge in [0.2, 0.25) is 0 Å². The van der Waals surface area contributed by atoms with Gasteiger partial charge in [-0.05, 0) is 18.4 Å². The van der Waals surface area contributed by atoms with E-state index < -0.39 is 0 Å². The fourth-order valence-electron chi connectivity index (χ4n) is 3.70. The van der Waals surface area contributed by atoms with Crippen LogP contribution in [0.1, 0.15) is 34.6 Å². The summed E-state index contributed by atoms with van der Waals surface area (Å²) in [6.45, 7) is 1.12. The van der Waals surface area contributed by atoms with Gasteiger partial charge in [-0.15, -0.1) is 11.3 Å². The molecule has 138 valence electrons. The highest BCUT2D eigenvalue weighted by atomic mass is 32.1. The van der Waals surface area contributed by atoms with Gasteiger partial charge in [-0.25, -0.2) is 4.98 Å². The molecule has 27 heavy (non-hydrogen) atoms. The van der Waals surface area contributed by atoms with E-state index >= 15 is 0 Å². The maximum absolute atomic E-state index is 12.7. The van der Waals surface area contributed by atoms with E-state index in [9.17, 15) is 9.59 Å². The third-order valence-corrected chi connectivity index (χ3v) is 5.80. The summed E-state index contributed by atoms with van der Waals surface area (Å²) in [6.07, 6.45) is 4.01. The molecule has 1 fully saturated rings. The summed E-state index contributed by atoms with van der Waals surface area (Å²) in [6, 6.07) is 10.2. The van der Waals surface area contributed by atoms with E-state index in [-0.39, 0.29) is 22.6 Å². The summed E-state index contributed by atoms with van der Waals surface area (Å²) in [5, 5.41) is 2.56. The van der Waals surface area contributed by atoms with Crippen LogP contribution in [0.15, 0.2) is 52.9 Å². The van der Waals surface area contributed by atoms with Crippen molar-refractivity contribution in [3.63, 3.8) is 0 Å². The Kier molecular flexibility index (Phi) is 4.49. The number of H-pyrrole nitrogens is 1. The Morgan fingerprint density at radius 3 is 2.56 bits per heavy atom. The SMILES string of the molecule is Nc1nc(C2(c3ccccc3)CCN(C(=O)c3cncc(=O)[nH]3)CC2)cs1. The highest BCUT2D eigenvalue weighted by Crippen LogP contribution is 2.42. The minimum absolute atomic E-state index is 0.209. The number of piperidine rings is 1. The molecule has 0 spiro atoms. The van der Waals surface area contributed by atoms with E-state index in [1.165, 1.54) is 23.1 Å². The van der Waals surface area contributed by atoms with E-state index in [4.69, 9.17) is 5.73 Å². The van der Waals surface area contributed by atoms with Crippen molar-refractivity contribution in [1.82, 2.24) is 19.9 Å². The summed E-state index contributed by atoms with van der Waals surface area (Å²) >= 11 is 1.43. The predicted octanol–water partition coefficient (Wildman–Crippen LogP) is 2.03. The maximum Gasteiger partial charge on any atom is 0.271 e. The molecule has 2 aromatic heterocycles. The number of thiazole rings is 1. The quantitative estimate of drug-likeness (QED) is 0.722. The molecular formula is C19H19N5O2S. The first-order valence-electron chi connectivity index (χ1n) is 8.69. The van der Waals surface area contributed by atoms with Crippen LogP contribution in [-0.2, 0) is 5.41 Å². The molecule has 0 saturated carbocycles. The number of aromatic amines is 1. The van der Waals surface area contributed by atoms with Gasteiger partial charge < -0.3 is 15.6 Å². The number of nitrogen functional groups attached to an aromatic ring is 1. The number of rotatable bonds is 3. The van der Waals surface area contributed by atoms with Gasteiger partial charge in [0, 0.05) is 23.9 Å². The Morgan fingerprint density at radius 1 is 1.19 bits per heavy atom. The number of hydrogen-bond acceptors (Lipinski definition) is 6. The van der Waals surface area contributed by atoms with Gasteiger partial charge in [-0.2, -0.15) is 0 Å². The average molecular weight is 381 g/mol. The van der Waals surface area contributed by atoms with E-state index in [2.05, 4.69) is 27.1 Å². The van der Waals surface area contributed by atoms with Crippen LogP contribution < -0.4 is 11.3 Å². The minimum Gasteiger partial charge on any atom is -0.375 e. The number of nitrogens with one attached hydrogen (secondary N) is 1. The Bertz CT molecular complexity index is 1010. The minimum atomic E-state index is -0.380. The Balaban J connectivity index is 1.62. The number of aromatic nitrogens is 3. The smallest absolute Gasteiger partial charge is 0.271 e. The molecular weight excluding hydrogens is 362 g/mol. The zero-order chi connectivity index (χ0) is 18.9. The van der Waals surface area contributed by atoms with Gasteiger partial charge in [-0.3, -0.25) is 14.6 Å². The monoisotopic (exact) mass is 381 g/mol. The lowest BCUT2D eigenvalue weighted by molar-refractivity contribution is 0.0677. The maximum atomic E-state index is 12.7. The highest BCUT2D eigenvalue weighted by molar-refractivity contribution is 7.13. The number of benzene rings is 1. The summed E-state index contributed by atoms with van der Waals surface area (Å²) in [5.74, 6) is -0.209. The molecule has 0 radical (unpaired) electrons. The second-order valence-electron chi connectivity index (χ2n) is 6.62. The van der Waals surface area contributed by atoms with Crippen molar-refractivity contribution in [2.45, 2.75) is 18.3 Å². The molecule has 4 rings (SSSR count). The molecule has 1 aliphatic heterocycles. The van der Waals surface area contributed by atoms with Gasteiger partial charge in [0.05, 0.1) is 18.1 Å². The third kappa shape index (κ3) is 3.23. The molecule has 8 heteroatoms. The number of hydrogen-bond donors (Lipinski definition) is 2. The molecule has 3 aromatic rings. The van der Waals surface area contributed by atoms with E-state index in [1.54, 1.807) is 4.90 Å². The van der Waals surface area contributed by atoms with Gasteiger partial charge in [-0.1, -0.05) is 30.3 Å². The molecule has 1 saturated heterocycles. The van der Waals surface area contributed by atoms with Crippen LogP contribution in [0.5, 0.6) is 0 Å². The van der Waals surface area contributed by atoms with Crippen LogP contribution in [0, 0.1) is 0 Å². The molecule has 3 heterocycles. The van der Waals surface area contributed by atoms with Crippen LogP contribution in [0.25, 0.3) is 0 Å². The van der Waals surface area contributed by atoms with E-state index in [0.29, 0.717) is 18.2 Å². The lowest BCUT2D eigenvalue weighted by Gasteiger charge is -2.41. The third-order valence-electron chi connectivity index (χ3n) is 5.13. The molecule has 0 atom stereocenters. The van der Waals surface area contributed by atoms with Crippen molar-refractivity contribution in [2.24, 2.45) is 0 Å². The average Bonchev–Trinajstić information content (AvgIpc) is 3.15. The van der Waals surface area contributed by atoms with Gasteiger partial charge >= 0.3 is 0 Å². The summed E-state index contributed by atoms with van der Waals surface area (Å²) in [5.41, 5.74) is 7.59. The van der Waals surface area contributed by atoms with Crippen molar-refractivity contribution in [2.75, 3.05) is 18.8 Å². The molecule has 1 aliphatic rings. The fourth-order valence-corrected chi connectivity index (χ4v) is 4.37. The lowest BCUT2D eigenvalue weighted by atomic mass is 9.70. The zero-order valence-corrected chi connectivity index (χ0v) is 15.4. The Labute approximate surface area is 159 Å².